The first-order valence-corrected chi connectivity index (χ1v) is 15.3. The van der Waals surface area contributed by atoms with Gasteiger partial charge >= 0.3 is 0 Å². The normalized spacial score (nSPS) is 17.1. The number of nitro groups is 1. The molecule has 0 unspecified atom stereocenters. The molecular formula is C33H32N6O5S. The molecule has 3 heterocycles. The van der Waals surface area contributed by atoms with E-state index >= 15 is 0 Å². The summed E-state index contributed by atoms with van der Waals surface area (Å²) in [6.45, 7) is 4.79. The van der Waals surface area contributed by atoms with Gasteiger partial charge in [-0.3, -0.25) is 24.3 Å². The summed E-state index contributed by atoms with van der Waals surface area (Å²) in [4.78, 5) is 48.9. The van der Waals surface area contributed by atoms with Crippen LogP contribution in [0.2, 0.25) is 0 Å². The monoisotopic (exact) mass is 624 g/mol. The van der Waals surface area contributed by atoms with Crippen molar-refractivity contribution in [2.75, 3.05) is 50.6 Å². The molecule has 3 aromatic carbocycles. The van der Waals surface area contributed by atoms with Crippen LogP contribution < -0.4 is 29.8 Å². The van der Waals surface area contributed by atoms with E-state index in [9.17, 15) is 19.7 Å². The van der Waals surface area contributed by atoms with Crippen LogP contribution >= 0.6 is 11.3 Å². The number of para-hydroxylation sites is 1. The first kappa shape index (κ1) is 30.0. The number of amides is 1. The molecule has 1 atom stereocenters. The van der Waals surface area contributed by atoms with Crippen molar-refractivity contribution in [2.45, 2.75) is 13.0 Å². The molecule has 4 aromatic rings. The third-order valence-electron chi connectivity index (χ3n) is 8.07. The van der Waals surface area contributed by atoms with Crippen LogP contribution in [0.1, 0.15) is 24.1 Å². The van der Waals surface area contributed by atoms with Crippen molar-refractivity contribution in [3.05, 3.63) is 125 Å². The van der Waals surface area contributed by atoms with Crippen molar-refractivity contribution in [3.63, 3.8) is 0 Å². The number of aromatic nitrogens is 1. The van der Waals surface area contributed by atoms with E-state index < -0.39 is 6.04 Å². The highest BCUT2D eigenvalue weighted by atomic mass is 32.1. The number of allylic oxidation sites excluding steroid dienone is 1. The van der Waals surface area contributed by atoms with Crippen molar-refractivity contribution >= 4 is 40.4 Å². The predicted molar refractivity (Wildman–Crippen MR) is 175 cm³/mol. The van der Waals surface area contributed by atoms with E-state index in [0.717, 1.165) is 13.1 Å². The Balaban J connectivity index is 1.44. The zero-order valence-corrected chi connectivity index (χ0v) is 25.9. The molecule has 6 rings (SSSR count). The fourth-order valence-electron chi connectivity index (χ4n) is 5.68. The number of nitrogens with one attached hydrogen (secondary N) is 1. The summed E-state index contributed by atoms with van der Waals surface area (Å²) in [5.41, 5.74) is 2.91. The maximum atomic E-state index is 14.1. The number of nitrogens with zero attached hydrogens (tertiary/aromatic N) is 5. The molecule has 1 aromatic heterocycles. The summed E-state index contributed by atoms with van der Waals surface area (Å²) >= 11 is 1.18. The zero-order valence-electron chi connectivity index (χ0n) is 25.1. The van der Waals surface area contributed by atoms with Gasteiger partial charge in [0.25, 0.3) is 17.2 Å². The lowest BCUT2D eigenvalue weighted by Gasteiger charge is -2.33. The average Bonchev–Trinajstić information content (AvgIpc) is 3.34. The van der Waals surface area contributed by atoms with Crippen LogP contribution in [0.4, 0.5) is 17.1 Å². The number of hydrogen-bond acceptors (Lipinski definition) is 9. The second-order valence-electron chi connectivity index (χ2n) is 11.0. The Labute approximate surface area is 263 Å². The second kappa shape index (κ2) is 12.5. The minimum atomic E-state index is -0.757. The van der Waals surface area contributed by atoms with E-state index in [-0.39, 0.29) is 22.1 Å². The highest BCUT2D eigenvalue weighted by Crippen LogP contribution is 2.32. The van der Waals surface area contributed by atoms with Crippen molar-refractivity contribution in [2.24, 2.45) is 4.99 Å². The molecule has 0 spiro atoms. The Hall–Kier alpha value is -5.07. The second-order valence-corrected chi connectivity index (χ2v) is 12.0. The predicted octanol–water partition coefficient (Wildman–Crippen LogP) is 3.54. The lowest BCUT2D eigenvalue weighted by atomic mass is 9.95. The SMILES string of the molecule is COc1ccc([C@@H]2C(C(=O)Nc3ccccc3)=C(C)N=c3s/c(=C\c4ccc(N5CCN(C)CC5)c([N+](=O)[O-])c4)c(=O)n32)cc1. The Kier molecular flexibility index (Phi) is 8.33. The maximum Gasteiger partial charge on any atom is 0.293 e. The van der Waals surface area contributed by atoms with E-state index in [2.05, 4.69) is 15.2 Å². The van der Waals surface area contributed by atoms with Gasteiger partial charge in [0.2, 0.25) is 0 Å². The number of thiazole rings is 1. The van der Waals surface area contributed by atoms with Gasteiger partial charge in [0.15, 0.2) is 4.80 Å². The van der Waals surface area contributed by atoms with Crippen LogP contribution in [-0.2, 0) is 4.79 Å². The first-order chi connectivity index (χ1) is 21.7. The van der Waals surface area contributed by atoms with Crippen molar-refractivity contribution < 1.29 is 14.5 Å². The van der Waals surface area contributed by atoms with Crippen LogP contribution in [-0.4, -0.2) is 60.6 Å². The topological polar surface area (TPSA) is 122 Å². The fourth-order valence-corrected chi connectivity index (χ4v) is 6.72. The Bertz CT molecular complexity index is 1980. The lowest BCUT2D eigenvalue weighted by molar-refractivity contribution is -0.384. The summed E-state index contributed by atoms with van der Waals surface area (Å²) < 4.78 is 7.22. The first-order valence-electron chi connectivity index (χ1n) is 14.5. The Morgan fingerprint density at radius 1 is 1.07 bits per heavy atom. The van der Waals surface area contributed by atoms with Gasteiger partial charge in [0, 0.05) is 37.9 Å². The standard InChI is InChI=1S/C33H32N6O5S/c1-21-29(31(40)35-24-7-5-4-6-8-24)30(23-10-12-25(44-3)13-11-23)38-32(41)28(45-33(38)34-21)20-22-9-14-26(27(19-22)39(42)43)37-17-15-36(2)16-18-37/h4-14,19-20,30H,15-18H2,1-3H3,(H,35,40)/b28-20-/t30-/m1/s1. The number of fused-ring (bicyclic) bond motifs is 1. The molecule has 2 aliphatic rings. The number of anilines is 2. The van der Waals surface area contributed by atoms with E-state index in [0.29, 0.717) is 61.9 Å². The largest absolute Gasteiger partial charge is 0.497 e. The van der Waals surface area contributed by atoms with Crippen LogP contribution in [0, 0.1) is 10.1 Å². The van der Waals surface area contributed by atoms with Gasteiger partial charge in [-0.1, -0.05) is 47.7 Å². The molecule has 1 N–H and O–H groups in total. The fraction of sp³-hybridized carbons (Fsp3) is 0.242. The average molecular weight is 625 g/mol. The zero-order chi connectivity index (χ0) is 31.7. The molecule has 1 fully saturated rings. The summed E-state index contributed by atoms with van der Waals surface area (Å²) in [5, 5.41) is 15.0. The number of hydrogen-bond donors (Lipinski definition) is 1. The minimum Gasteiger partial charge on any atom is -0.497 e. The van der Waals surface area contributed by atoms with Gasteiger partial charge in [-0.25, -0.2) is 4.99 Å². The number of benzene rings is 3. The maximum absolute atomic E-state index is 14.1. The molecule has 0 bridgehead atoms. The molecule has 1 amide bonds. The van der Waals surface area contributed by atoms with Gasteiger partial charge < -0.3 is 19.9 Å². The molecule has 1 saturated heterocycles. The number of likely N-dealkylation sites (N-methyl/N-ethyl adjacent to an activating group) is 1. The minimum absolute atomic E-state index is 0.00657. The lowest BCUT2D eigenvalue weighted by Crippen LogP contribution is -2.44. The highest BCUT2D eigenvalue weighted by Gasteiger charge is 2.32. The van der Waals surface area contributed by atoms with Crippen molar-refractivity contribution in [3.8, 4) is 5.75 Å². The molecule has 11 nitrogen and oxygen atoms in total. The van der Waals surface area contributed by atoms with Crippen molar-refractivity contribution in [1.82, 2.24) is 9.47 Å². The number of rotatable bonds is 7. The van der Waals surface area contributed by atoms with E-state index in [1.54, 1.807) is 56.5 Å². The summed E-state index contributed by atoms with van der Waals surface area (Å²) in [6.07, 6.45) is 1.65. The number of carbonyl (C=O) groups excluding carboxylic acids is 1. The van der Waals surface area contributed by atoms with Crippen LogP contribution in [0.3, 0.4) is 0 Å². The van der Waals surface area contributed by atoms with Gasteiger partial charge in [-0.15, -0.1) is 0 Å². The Morgan fingerprint density at radius 2 is 1.78 bits per heavy atom. The molecule has 0 radical (unpaired) electrons. The number of piperazine rings is 1. The molecule has 230 valence electrons. The summed E-state index contributed by atoms with van der Waals surface area (Å²) in [6, 6.07) is 20.6. The van der Waals surface area contributed by atoms with Crippen LogP contribution in [0.25, 0.3) is 6.08 Å². The quantitative estimate of drug-likeness (QED) is 0.247. The van der Waals surface area contributed by atoms with E-state index in [4.69, 9.17) is 4.74 Å². The van der Waals surface area contributed by atoms with Crippen LogP contribution in [0.15, 0.2) is 93.9 Å². The van der Waals surface area contributed by atoms with Gasteiger partial charge in [0.05, 0.1) is 33.9 Å². The number of nitro benzene ring substituents is 1. The molecule has 45 heavy (non-hydrogen) atoms. The summed E-state index contributed by atoms with van der Waals surface area (Å²) in [7, 11) is 3.60. The molecular weight excluding hydrogens is 592 g/mol. The Morgan fingerprint density at radius 3 is 2.44 bits per heavy atom. The third kappa shape index (κ3) is 6.02. The number of carbonyl (C=O) groups is 1. The highest BCUT2D eigenvalue weighted by molar-refractivity contribution is 7.07. The molecule has 12 heteroatoms. The van der Waals surface area contributed by atoms with Crippen molar-refractivity contribution in [1.29, 1.82) is 0 Å². The number of ether oxygens (including phenoxy) is 1. The van der Waals surface area contributed by atoms with Gasteiger partial charge in [-0.05, 0) is 61.5 Å². The molecule has 0 aliphatic carbocycles. The molecule has 0 saturated carbocycles. The number of methoxy groups -OCH3 is 1. The smallest absolute Gasteiger partial charge is 0.293 e. The van der Waals surface area contributed by atoms with E-state index in [1.165, 1.54) is 22.0 Å². The molecule has 2 aliphatic heterocycles. The van der Waals surface area contributed by atoms with Gasteiger partial charge in [0.1, 0.15) is 11.4 Å². The van der Waals surface area contributed by atoms with Crippen LogP contribution in [0.5, 0.6) is 5.75 Å². The summed E-state index contributed by atoms with van der Waals surface area (Å²) in [5.74, 6) is 0.274. The van der Waals surface area contributed by atoms with Gasteiger partial charge in [-0.2, -0.15) is 0 Å². The third-order valence-corrected chi connectivity index (χ3v) is 9.05. The van der Waals surface area contributed by atoms with E-state index in [1.807, 2.05) is 42.3 Å².